The summed E-state index contributed by atoms with van der Waals surface area (Å²) in [5.74, 6) is -0.0978. The van der Waals surface area contributed by atoms with Gasteiger partial charge in [-0.25, -0.2) is 4.98 Å². The number of primary amides is 1. The molecule has 1 aromatic rings. The molecule has 1 aromatic heterocycles. The van der Waals surface area contributed by atoms with Crippen LogP contribution in [0.25, 0.3) is 0 Å². The first-order valence-electron chi connectivity index (χ1n) is 5.43. The molecule has 0 spiro atoms. The second-order valence-electron chi connectivity index (χ2n) is 3.89. The highest BCUT2D eigenvalue weighted by Gasteiger charge is 2.30. The van der Waals surface area contributed by atoms with Crippen molar-refractivity contribution in [3.8, 4) is 6.07 Å². The van der Waals surface area contributed by atoms with Crippen LogP contribution in [-0.2, 0) is 9.53 Å². The second-order valence-corrected chi connectivity index (χ2v) is 3.89. The summed E-state index contributed by atoms with van der Waals surface area (Å²) in [6, 6.07) is 2.90. The first kappa shape index (κ1) is 12.1. The van der Waals surface area contributed by atoms with Crippen LogP contribution in [0.1, 0.15) is 5.56 Å². The number of carbonyl (C=O) groups is 1. The van der Waals surface area contributed by atoms with Crippen LogP contribution in [-0.4, -0.2) is 36.7 Å². The van der Waals surface area contributed by atoms with E-state index >= 15 is 0 Å². The van der Waals surface area contributed by atoms with Gasteiger partial charge in [-0.05, 0) is 6.07 Å². The van der Waals surface area contributed by atoms with Crippen LogP contribution in [0.2, 0.25) is 0 Å². The normalized spacial score (nSPS) is 19.3. The predicted octanol–water partition coefficient (Wildman–Crippen LogP) is -0.774. The van der Waals surface area contributed by atoms with E-state index in [1.807, 2.05) is 6.07 Å². The zero-order chi connectivity index (χ0) is 13.1. The van der Waals surface area contributed by atoms with Crippen molar-refractivity contribution in [1.29, 1.82) is 5.26 Å². The van der Waals surface area contributed by atoms with E-state index in [2.05, 4.69) is 4.98 Å². The molecular formula is C11H13N5O2. The van der Waals surface area contributed by atoms with Gasteiger partial charge in [0.2, 0.25) is 5.91 Å². The molecule has 2 rings (SSSR count). The van der Waals surface area contributed by atoms with E-state index in [1.54, 1.807) is 4.90 Å². The number of nitrogens with two attached hydrogens (primary N) is 2. The van der Waals surface area contributed by atoms with Gasteiger partial charge < -0.3 is 21.1 Å². The number of nitriles is 1. The van der Waals surface area contributed by atoms with Crippen LogP contribution >= 0.6 is 0 Å². The van der Waals surface area contributed by atoms with Crippen molar-refractivity contribution < 1.29 is 9.53 Å². The third kappa shape index (κ3) is 2.06. The largest absolute Gasteiger partial charge is 0.395 e. The monoisotopic (exact) mass is 247 g/mol. The Morgan fingerprint density at radius 1 is 1.67 bits per heavy atom. The van der Waals surface area contributed by atoms with Gasteiger partial charge in [-0.15, -0.1) is 0 Å². The summed E-state index contributed by atoms with van der Waals surface area (Å²) in [5.41, 5.74) is 11.8. The molecule has 1 unspecified atom stereocenters. The van der Waals surface area contributed by atoms with E-state index in [9.17, 15) is 4.79 Å². The van der Waals surface area contributed by atoms with Gasteiger partial charge in [-0.1, -0.05) is 0 Å². The van der Waals surface area contributed by atoms with Crippen LogP contribution in [0, 0.1) is 11.3 Å². The number of rotatable bonds is 2. The predicted molar refractivity (Wildman–Crippen MR) is 64.5 cm³/mol. The summed E-state index contributed by atoms with van der Waals surface area (Å²) < 4.78 is 5.22. The van der Waals surface area contributed by atoms with Crippen molar-refractivity contribution in [3.63, 3.8) is 0 Å². The molecule has 4 N–H and O–H groups in total. The second kappa shape index (κ2) is 4.89. The van der Waals surface area contributed by atoms with Crippen molar-refractivity contribution in [3.05, 3.63) is 17.8 Å². The van der Waals surface area contributed by atoms with Gasteiger partial charge in [-0.3, -0.25) is 4.79 Å². The molecule has 2 heterocycles. The van der Waals surface area contributed by atoms with Gasteiger partial charge in [0.15, 0.2) is 5.82 Å². The van der Waals surface area contributed by atoms with Gasteiger partial charge in [0, 0.05) is 12.7 Å². The average molecular weight is 247 g/mol. The highest BCUT2D eigenvalue weighted by atomic mass is 16.5. The van der Waals surface area contributed by atoms with Crippen LogP contribution in [0.5, 0.6) is 0 Å². The number of ether oxygens (including phenoxy) is 1. The van der Waals surface area contributed by atoms with E-state index in [-0.39, 0.29) is 12.3 Å². The minimum absolute atomic E-state index is 0.202. The minimum Gasteiger partial charge on any atom is -0.395 e. The van der Waals surface area contributed by atoms with Crippen LogP contribution in [0.4, 0.5) is 11.5 Å². The molecule has 7 nitrogen and oxygen atoms in total. The molecule has 0 aliphatic carbocycles. The van der Waals surface area contributed by atoms with Crippen LogP contribution in [0.15, 0.2) is 12.3 Å². The quantitative estimate of drug-likeness (QED) is 0.708. The maximum absolute atomic E-state index is 11.4. The lowest BCUT2D eigenvalue weighted by atomic mass is 10.1. The number of anilines is 2. The fourth-order valence-electron chi connectivity index (χ4n) is 1.88. The molecule has 1 aliphatic heterocycles. The van der Waals surface area contributed by atoms with Gasteiger partial charge >= 0.3 is 0 Å². The molecule has 18 heavy (non-hydrogen) atoms. The lowest BCUT2D eigenvalue weighted by Gasteiger charge is -2.35. The lowest BCUT2D eigenvalue weighted by molar-refractivity contribution is -0.121. The number of amides is 1. The fraction of sp³-hybridized carbons (Fsp3) is 0.364. The number of hydrogen-bond donors (Lipinski definition) is 2. The Morgan fingerprint density at radius 3 is 3.11 bits per heavy atom. The Bertz CT molecular complexity index is 511. The zero-order valence-electron chi connectivity index (χ0n) is 9.67. The SMILES string of the molecule is N#Cc1ccnc(N2CCOCC2C(N)=O)c1N. The number of nitrogens with zero attached hydrogens (tertiary/aromatic N) is 3. The Labute approximate surface area is 104 Å². The molecule has 94 valence electrons. The standard InChI is InChI=1S/C11H13N5O2/c12-5-7-1-2-15-11(9(7)13)16-3-4-18-6-8(16)10(14)17/h1-2,8H,3-4,6,13H2,(H2,14,17). The average Bonchev–Trinajstić information content (AvgIpc) is 2.39. The minimum atomic E-state index is -0.609. The Morgan fingerprint density at radius 2 is 2.44 bits per heavy atom. The van der Waals surface area contributed by atoms with Crippen LogP contribution in [0.3, 0.4) is 0 Å². The molecule has 0 bridgehead atoms. The smallest absolute Gasteiger partial charge is 0.242 e. The van der Waals surface area contributed by atoms with E-state index in [1.165, 1.54) is 12.3 Å². The maximum atomic E-state index is 11.4. The number of carbonyl (C=O) groups excluding carboxylic acids is 1. The van der Waals surface area contributed by atoms with Crippen molar-refractivity contribution in [2.45, 2.75) is 6.04 Å². The molecule has 1 fully saturated rings. The summed E-state index contributed by atoms with van der Waals surface area (Å²) in [6.45, 7) is 1.12. The van der Waals surface area contributed by atoms with E-state index in [0.717, 1.165) is 0 Å². The number of nitrogen functional groups attached to an aromatic ring is 1. The van der Waals surface area contributed by atoms with Crippen molar-refractivity contribution in [2.24, 2.45) is 5.73 Å². The van der Waals surface area contributed by atoms with E-state index in [0.29, 0.717) is 24.5 Å². The summed E-state index contributed by atoms with van der Waals surface area (Å²) in [5, 5.41) is 8.92. The fourth-order valence-corrected chi connectivity index (χ4v) is 1.88. The number of aromatic nitrogens is 1. The third-order valence-electron chi connectivity index (χ3n) is 2.82. The molecular weight excluding hydrogens is 234 g/mol. The molecule has 0 aromatic carbocycles. The Balaban J connectivity index is 2.40. The first-order chi connectivity index (χ1) is 8.65. The highest BCUT2D eigenvalue weighted by molar-refractivity contribution is 5.85. The van der Waals surface area contributed by atoms with Gasteiger partial charge in [0.1, 0.15) is 12.1 Å². The van der Waals surface area contributed by atoms with Gasteiger partial charge in [0.25, 0.3) is 0 Å². The molecule has 1 amide bonds. The number of morpholine rings is 1. The molecule has 1 aliphatic rings. The van der Waals surface area contributed by atoms with Crippen molar-refractivity contribution in [2.75, 3.05) is 30.4 Å². The molecule has 0 saturated carbocycles. The summed E-state index contributed by atoms with van der Waals surface area (Å²) in [6.07, 6.45) is 1.48. The Hall–Kier alpha value is -2.33. The maximum Gasteiger partial charge on any atom is 0.242 e. The van der Waals surface area contributed by atoms with E-state index < -0.39 is 11.9 Å². The third-order valence-corrected chi connectivity index (χ3v) is 2.82. The summed E-state index contributed by atoms with van der Waals surface area (Å²) >= 11 is 0. The van der Waals surface area contributed by atoms with Gasteiger partial charge in [-0.2, -0.15) is 5.26 Å². The molecule has 0 radical (unpaired) electrons. The van der Waals surface area contributed by atoms with Crippen molar-refractivity contribution in [1.82, 2.24) is 4.98 Å². The zero-order valence-corrected chi connectivity index (χ0v) is 9.67. The Kier molecular flexibility index (Phi) is 3.30. The van der Waals surface area contributed by atoms with Crippen molar-refractivity contribution >= 4 is 17.4 Å². The lowest BCUT2D eigenvalue weighted by Crippen LogP contribution is -2.53. The molecule has 1 saturated heterocycles. The highest BCUT2D eigenvalue weighted by Crippen LogP contribution is 2.26. The van der Waals surface area contributed by atoms with Gasteiger partial charge in [0.05, 0.1) is 24.5 Å². The van der Waals surface area contributed by atoms with E-state index in [4.69, 9.17) is 21.5 Å². The summed E-state index contributed by atoms with van der Waals surface area (Å²) in [7, 11) is 0. The summed E-state index contributed by atoms with van der Waals surface area (Å²) in [4.78, 5) is 17.2. The number of pyridine rings is 1. The number of hydrogen-bond acceptors (Lipinski definition) is 6. The molecule has 7 heteroatoms. The topological polar surface area (TPSA) is 118 Å². The first-order valence-corrected chi connectivity index (χ1v) is 5.43. The molecule has 1 atom stereocenters. The van der Waals surface area contributed by atoms with Crippen LogP contribution < -0.4 is 16.4 Å².